The Morgan fingerprint density at radius 2 is 1.96 bits per heavy atom. The molecule has 5 nitrogen and oxygen atoms in total. The fourth-order valence-electron chi connectivity index (χ4n) is 3.53. The summed E-state index contributed by atoms with van der Waals surface area (Å²) in [4.78, 5) is 22.5. The highest BCUT2D eigenvalue weighted by atomic mass is 32.2. The molecule has 1 unspecified atom stereocenters. The van der Waals surface area contributed by atoms with Gasteiger partial charge in [0.2, 0.25) is 5.91 Å². The number of carbonyl (C=O) groups is 1. The van der Waals surface area contributed by atoms with Crippen molar-refractivity contribution in [3.63, 3.8) is 0 Å². The lowest BCUT2D eigenvalue weighted by molar-refractivity contribution is -0.128. The second-order valence-corrected chi connectivity index (χ2v) is 8.08. The summed E-state index contributed by atoms with van der Waals surface area (Å²) in [5.74, 6) is 2.85. The molecule has 2 fully saturated rings. The van der Waals surface area contributed by atoms with Crippen LogP contribution in [-0.2, 0) is 4.79 Å². The number of amides is 1. The predicted octanol–water partition coefficient (Wildman–Crippen LogP) is 2.69. The average Bonchev–Trinajstić information content (AvgIpc) is 3.36. The Morgan fingerprint density at radius 3 is 2.69 bits per heavy atom. The van der Waals surface area contributed by atoms with Crippen LogP contribution in [0.2, 0.25) is 0 Å². The predicted molar refractivity (Wildman–Crippen MR) is 109 cm³/mol. The van der Waals surface area contributed by atoms with Gasteiger partial charge in [-0.2, -0.15) is 0 Å². The lowest BCUT2D eigenvalue weighted by Crippen LogP contribution is -2.41. The molecule has 0 spiro atoms. The summed E-state index contributed by atoms with van der Waals surface area (Å²) in [6.07, 6.45) is 3.44. The maximum absolute atomic E-state index is 12.3. The minimum absolute atomic E-state index is 0.160. The molecule has 0 aromatic heterocycles. The largest absolute Gasteiger partial charge is 0.357 e. The van der Waals surface area contributed by atoms with Gasteiger partial charge in [0.25, 0.3) is 0 Å². The van der Waals surface area contributed by atoms with Gasteiger partial charge in [-0.3, -0.25) is 4.79 Å². The summed E-state index contributed by atoms with van der Waals surface area (Å²) in [5.41, 5.74) is 0. The molecule has 1 aromatic rings. The van der Waals surface area contributed by atoms with E-state index in [-0.39, 0.29) is 12.5 Å². The number of hydrogen-bond acceptors (Lipinski definition) is 3. The molecular formula is C20H30N4OS. The molecule has 0 radical (unpaired) electrons. The molecular weight excluding hydrogens is 344 g/mol. The molecule has 0 bridgehead atoms. The van der Waals surface area contributed by atoms with E-state index >= 15 is 0 Å². The maximum Gasteiger partial charge on any atom is 0.244 e. The van der Waals surface area contributed by atoms with Crippen LogP contribution in [0, 0.1) is 5.92 Å². The molecule has 0 saturated carbocycles. The molecule has 2 aliphatic rings. The van der Waals surface area contributed by atoms with Crippen molar-refractivity contribution in [2.45, 2.75) is 31.1 Å². The normalized spacial score (nSPS) is 20.7. The van der Waals surface area contributed by atoms with E-state index in [4.69, 9.17) is 0 Å². The summed E-state index contributed by atoms with van der Waals surface area (Å²) in [5, 5.41) is 3.36. The first kappa shape index (κ1) is 19.1. The molecule has 142 valence electrons. The summed E-state index contributed by atoms with van der Waals surface area (Å²) < 4.78 is 0. The molecule has 1 amide bonds. The minimum atomic E-state index is 0.160. The smallest absolute Gasteiger partial charge is 0.244 e. The zero-order chi connectivity index (χ0) is 18.2. The van der Waals surface area contributed by atoms with Gasteiger partial charge in [0.05, 0.1) is 0 Å². The molecule has 1 aromatic carbocycles. The Kier molecular flexibility index (Phi) is 7.23. The Hall–Kier alpha value is -1.69. The van der Waals surface area contributed by atoms with E-state index in [1.165, 1.54) is 11.3 Å². The lowest BCUT2D eigenvalue weighted by atomic mass is 10.2. The summed E-state index contributed by atoms with van der Waals surface area (Å²) in [6.45, 7) is 7.00. The molecule has 2 aliphatic heterocycles. The fourth-order valence-corrected chi connectivity index (χ4v) is 4.58. The number of carbonyl (C=O) groups excluding carboxylic acids is 1. The van der Waals surface area contributed by atoms with Crippen molar-refractivity contribution in [2.24, 2.45) is 10.9 Å². The van der Waals surface area contributed by atoms with Crippen molar-refractivity contribution in [3.05, 3.63) is 30.3 Å². The van der Waals surface area contributed by atoms with Gasteiger partial charge in [0, 0.05) is 43.4 Å². The van der Waals surface area contributed by atoms with Gasteiger partial charge in [0.15, 0.2) is 5.96 Å². The Bertz CT molecular complexity index is 601. The third-order valence-corrected chi connectivity index (χ3v) is 6.22. The monoisotopic (exact) mass is 374 g/mol. The Labute approximate surface area is 161 Å². The zero-order valence-electron chi connectivity index (χ0n) is 15.7. The second kappa shape index (κ2) is 9.86. The zero-order valence-corrected chi connectivity index (χ0v) is 16.5. The third kappa shape index (κ3) is 5.40. The van der Waals surface area contributed by atoms with Crippen LogP contribution in [0.5, 0.6) is 0 Å². The average molecular weight is 375 g/mol. The van der Waals surface area contributed by atoms with E-state index < -0.39 is 0 Å². The summed E-state index contributed by atoms with van der Waals surface area (Å²) in [6, 6.07) is 10.6. The first-order chi connectivity index (χ1) is 12.8. The number of thioether (sulfide) groups is 1. The minimum Gasteiger partial charge on any atom is -0.357 e. The standard InChI is InChI=1S/C20H30N4OS/c1-2-21-20(22-14-19(25)23-11-6-7-12-23)24-13-10-17(15-24)16-26-18-8-4-3-5-9-18/h3-5,8-9,17H,2,6-7,10-16H2,1H3,(H,21,22). The van der Waals surface area contributed by atoms with Crippen LogP contribution in [0.1, 0.15) is 26.2 Å². The van der Waals surface area contributed by atoms with E-state index in [1.807, 2.05) is 16.7 Å². The van der Waals surface area contributed by atoms with Gasteiger partial charge in [-0.25, -0.2) is 4.99 Å². The molecule has 0 aliphatic carbocycles. The number of likely N-dealkylation sites (tertiary alicyclic amines) is 2. The number of rotatable bonds is 6. The number of guanidine groups is 1. The molecule has 1 N–H and O–H groups in total. The summed E-state index contributed by atoms with van der Waals surface area (Å²) in [7, 11) is 0. The molecule has 3 rings (SSSR count). The van der Waals surface area contributed by atoms with Crippen LogP contribution in [0.15, 0.2) is 40.2 Å². The van der Waals surface area contributed by atoms with Crippen molar-refractivity contribution in [2.75, 3.05) is 45.0 Å². The summed E-state index contributed by atoms with van der Waals surface area (Å²) >= 11 is 1.93. The van der Waals surface area contributed by atoms with Gasteiger partial charge < -0.3 is 15.1 Å². The van der Waals surface area contributed by atoms with E-state index in [1.54, 1.807) is 0 Å². The first-order valence-corrected chi connectivity index (χ1v) is 10.7. The second-order valence-electron chi connectivity index (χ2n) is 6.98. The van der Waals surface area contributed by atoms with E-state index in [2.05, 4.69) is 52.5 Å². The van der Waals surface area contributed by atoms with Crippen LogP contribution in [0.25, 0.3) is 0 Å². The third-order valence-electron chi connectivity index (χ3n) is 4.97. The van der Waals surface area contributed by atoms with Crippen LogP contribution in [-0.4, -0.2) is 66.7 Å². The number of nitrogens with zero attached hydrogens (tertiary/aromatic N) is 3. The molecule has 6 heteroatoms. The van der Waals surface area contributed by atoms with E-state index in [0.717, 1.165) is 57.3 Å². The van der Waals surface area contributed by atoms with Crippen LogP contribution in [0.4, 0.5) is 0 Å². The van der Waals surface area contributed by atoms with Crippen LogP contribution < -0.4 is 5.32 Å². The van der Waals surface area contributed by atoms with Crippen molar-refractivity contribution < 1.29 is 4.79 Å². The lowest BCUT2D eigenvalue weighted by Gasteiger charge is -2.22. The van der Waals surface area contributed by atoms with Crippen LogP contribution in [0.3, 0.4) is 0 Å². The topological polar surface area (TPSA) is 47.9 Å². The molecule has 2 heterocycles. The van der Waals surface area contributed by atoms with Gasteiger partial charge in [-0.05, 0) is 44.2 Å². The molecule has 1 atom stereocenters. The van der Waals surface area contributed by atoms with Gasteiger partial charge in [0.1, 0.15) is 6.54 Å². The highest BCUT2D eigenvalue weighted by Gasteiger charge is 2.25. The number of benzene rings is 1. The first-order valence-electron chi connectivity index (χ1n) is 9.75. The van der Waals surface area contributed by atoms with E-state index in [0.29, 0.717) is 5.92 Å². The number of nitrogens with one attached hydrogen (secondary N) is 1. The number of hydrogen-bond donors (Lipinski definition) is 1. The molecule has 26 heavy (non-hydrogen) atoms. The van der Waals surface area contributed by atoms with Crippen molar-refractivity contribution in [1.82, 2.24) is 15.1 Å². The highest BCUT2D eigenvalue weighted by molar-refractivity contribution is 7.99. The maximum atomic E-state index is 12.3. The Morgan fingerprint density at radius 1 is 1.19 bits per heavy atom. The fraction of sp³-hybridized carbons (Fsp3) is 0.600. The van der Waals surface area contributed by atoms with Crippen molar-refractivity contribution in [3.8, 4) is 0 Å². The molecule has 2 saturated heterocycles. The van der Waals surface area contributed by atoms with Gasteiger partial charge >= 0.3 is 0 Å². The number of aliphatic imine (C=N–C) groups is 1. The van der Waals surface area contributed by atoms with E-state index in [9.17, 15) is 4.79 Å². The van der Waals surface area contributed by atoms with Crippen molar-refractivity contribution in [1.29, 1.82) is 0 Å². The van der Waals surface area contributed by atoms with Gasteiger partial charge in [-0.15, -0.1) is 11.8 Å². The Balaban J connectivity index is 1.50. The van der Waals surface area contributed by atoms with Crippen LogP contribution >= 0.6 is 11.8 Å². The van der Waals surface area contributed by atoms with Gasteiger partial charge in [-0.1, -0.05) is 18.2 Å². The van der Waals surface area contributed by atoms with Crippen molar-refractivity contribution >= 4 is 23.6 Å². The SMILES string of the molecule is CCNC(=NCC(=O)N1CCCC1)N1CCC(CSc2ccccc2)C1. The highest BCUT2D eigenvalue weighted by Crippen LogP contribution is 2.25. The quantitative estimate of drug-likeness (QED) is 0.472.